The maximum Gasteiger partial charge on any atom is 0.234 e. The van der Waals surface area contributed by atoms with E-state index in [0.717, 1.165) is 23.4 Å². The van der Waals surface area contributed by atoms with Crippen LogP contribution in [-0.2, 0) is 11.2 Å². The Morgan fingerprint density at radius 2 is 1.90 bits per heavy atom. The number of ether oxygens (including phenoxy) is 1. The Kier molecular flexibility index (Phi) is 3.18. The molecule has 0 N–H and O–H groups in total. The highest BCUT2D eigenvalue weighted by Crippen LogP contribution is 2.40. The van der Waals surface area contributed by atoms with E-state index in [1.54, 1.807) is 12.0 Å². The van der Waals surface area contributed by atoms with Crippen LogP contribution in [0.1, 0.15) is 17.0 Å². The van der Waals surface area contributed by atoms with Crippen LogP contribution in [0.15, 0.2) is 48.5 Å². The zero-order valence-corrected chi connectivity index (χ0v) is 11.7. The van der Waals surface area contributed by atoms with Gasteiger partial charge in [0.1, 0.15) is 5.75 Å². The summed E-state index contributed by atoms with van der Waals surface area (Å²) in [7, 11) is 3.46. The number of nitrogens with zero attached hydrogens (tertiary/aromatic N) is 1. The molecule has 20 heavy (non-hydrogen) atoms. The van der Waals surface area contributed by atoms with E-state index in [-0.39, 0.29) is 11.8 Å². The molecule has 3 nitrogen and oxygen atoms in total. The van der Waals surface area contributed by atoms with Gasteiger partial charge in [0.25, 0.3) is 0 Å². The molecule has 0 saturated heterocycles. The third-order valence-corrected chi connectivity index (χ3v) is 3.89. The van der Waals surface area contributed by atoms with E-state index in [4.69, 9.17) is 4.74 Å². The van der Waals surface area contributed by atoms with Crippen LogP contribution >= 0.6 is 0 Å². The summed E-state index contributed by atoms with van der Waals surface area (Å²) in [6.45, 7) is 0. The van der Waals surface area contributed by atoms with Crippen molar-refractivity contribution in [2.24, 2.45) is 0 Å². The lowest BCUT2D eigenvalue weighted by Gasteiger charge is -2.11. The predicted molar refractivity (Wildman–Crippen MR) is 79.3 cm³/mol. The number of carbonyl (C=O) groups is 1. The summed E-state index contributed by atoms with van der Waals surface area (Å²) >= 11 is 0. The van der Waals surface area contributed by atoms with Crippen molar-refractivity contribution in [3.8, 4) is 5.75 Å². The molecule has 1 aliphatic heterocycles. The van der Waals surface area contributed by atoms with E-state index in [2.05, 4.69) is 12.1 Å². The summed E-state index contributed by atoms with van der Waals surface area (Å²) in [5, 5.41) is 0. The van der Waals surface area contributed by atoms with Crippen molar-refractivity contribution >= 4 is 11.6 Å². The van der Waals surface area contributed by atoms with Gasteiger partial charge in [-0.1, -0.05) is 36.4 Å². The molecule has 0 saturated carbocycles. The van der Waals surface area contributed by atoms with Crippen molar-refractivity contribution in [3.05, 3.63) is 59.7 Å². The number of benzene rings is 2. The second-order valence-corrected chi connectivity index (χ2v) is 5.06. The number of rotatable bonds is 3. The highest BCUT2D eigenvalue weighted by atomic mass is 16.5. The fourth-order valence-electron chi connectivity index (χ4n) is 2.77. The normalized spacial score (nSPS) is 17.2. The summed E-state index contributed by atoms with van der Waals surface area (Å²) in [5.74, 6) is 0.837. The van der Waals surface area contributed by atoms with Gasteiger partial charge in [0.2, 0.25) is 5.91 Å². The molecule has 1 atom stereocenters. The Bertz CT molecular complexity index is 637. The summed E-state index contributed by atoms with van der Waals surface area (Å²) < 4.78 is 5.24. The molecule has 3 rings (SSSR count). The molecule has 0 bridgehead atoms. The molecule has 2 aromatic rings. The number of hydrogen-bond acceptors (Lipinski definition) is 2. The molecule has 0 spiro atoms. The number of methoxy groups -OCH3 is 1. The Hall–Kier alpha value is -2.29. The second kappa shape index (κ2) is 5.00. The van der Waals surface area contributed by atoms with Crippen LogP contribution in [0.3, 0.4) is 0 Å². The van der Waals surface area contributed by atoms with Gasteiger partial charge < -0.3 is 9.64 Å². The second-order valence-electron chi connectivity index (χ2n) is 5.06. The molecule has 0 aliphatic carbocycles. The fraction of sp³-hybridized carbons (Fsp3) is 0.235. The first kappa shape index (κ1) is 12.7. The number of fused-ring (bicyclic) bond motifs is 1. The smallest absolute Gasteiger partial charge is 0.234 e. The maximum atomic E-state index is 12.5. The van der Waals surface area contributed by atoms with Gasteiger partial charge in [-0.05, 0) is 23.6 Å². The maximum absolute atomic E-state index is 12.5. The summed E-state index contributed by atoms with van der Waals surface area (Å²) in [6.07, 6.45) is 0.739. The minimum absolute atomic E-state index is 0.0942. The first-order valence-electron chi connectivity index (χ1n) is 6.70. The lowest BCUT2D eigenvalue weighted by molar-refractivity contribution is -0.119. The van der Waals surface area contributed by atoms with E-state index in [1.807, 2.05) is 43.4 Å². The number of amides is 1. The molecule has 1 heterocycles. The van der Waals surface area contributed by atoms with Gasteiger partial charge in [-0.15, -0.1) is 0 Å². The van der Waals surface area contributed by atoms with Crippen molar-refractivity contribution in [3.63, 3.8) is 0 Å². The minimum Gasteiger partial charge on any atom is -0.497 e. The minimum atomic E-state index is -0.0942. The average molecular weight is 267 g/mol. The Morgan fingerprint density at radius 1 is 1.15 bits per heavy atom. The van der Waals surface area contributed by atoms with Gasteiger partial charge in [0, 0.05) is 13.1 Å². The third kappa shape index (κ3) is 2.05. The Morgan fingerprint density at radius 3 is 2.60 bits per heavy atom. The van der Waals surface area contributed by atoms with E-state index in [1.165, 1.54) is 5.56 Å². The van der Waals surface area contributed by atoms with Crippen LogP contribution in [0.4, 0.5) is 5.69 Å². The molecular formula is C17H17NO2. The largest absolute Gasteiger partial charge is 0.497 e. The quantitative estimate of drug-likeness (QED) is 0.855. The van der Waals surface area contributed by atoms with Crippen LogP contribution < -0.4 is 9.64 Å². The third-order valence-electron chi connectivity index (χ3n) is 3.89. The van der Waals surface area contributed by atoms with Crippen LogP contribution in [0, 0.1) is 0 Å². The predicted octanol–water partition coefficient (Wildman–Crippen LogP) is 3.00. The van der Waals surface area contributed by atoms with Crippen LogP contribution in [0.25, 0.3) is 0 Å². The number of anilines is 1. The van der Waals surface area contributed by atoms with Crippen molar-refractivity contribution in [2.75, 3.05) is 19.1 Å². The van der Waals surface area contributed by atoms with Crippen molar-refractivity contribution < 1.29 is 9.53 Å². The standard InChI is InChI=1S/C17H17NO2/c1-18-16-11-13(20-2)8-9-14(16)15(17(18)19)10-12-6-4-3-5-7-12/h3-9,11,15H,10H2,1-2H3. The van der Waals surface area contributed by atoms with E-state index in [9.17, 15) is 4.79 Å². The van der Waals surface area contributed by atoms with Crippen LogP contribution in [0.2, 0.25) is 0 Å². The molecule has 102 valence electrons. The lowest BCUT2D eigenvalue weighted by Crippen LogP contribution is -2.24. The first-order chi connectivity index (χ1) is 9.70. The van der Waals surface area contributed by atoms with E-state index < -0.39 is 0 Å². The molecular weight excluding hydrogens is 250 g/mol. The Labute approximate surface area is 118 Å². The molecule has 0 aromatic heterocycles. The van der Waals surface area contributed by atoms with Crippen molar-refractivity contribution in [1.29, 1.82) is 0 Å². The fourth-order valence-corrected chi connectivity index (χ4v) is 2.77. The van der Waals surface area contributed by atoms with Crippen molar-refractivity contribution in [1.82, 2.24) is 0 Å². The van der Waals surface area contributed by atoms with Gasteiger partial charge >= 0.3 is 0 Å². The zero-order valence-electron chi connectivity index (χ0n) is 11.7. The molecule has 1 aliphatic rings. The SMILES string of the molecule is COc1ccc2c(c1)N(C)C(=O)C2Cc1ccccc1. The lowest BCUT2D eigenvalue weighted by atomic mass is 9.93. The monoisotopic (exact) mass is 267 g/mol. The van der Waals surface area contributed by atoms with E-state index in [0.29, 0.717) is 0 Å². The highest BCUT2D eigenvalue weighted by Gasteiger charge is 2.35. The van der Waals surface area contributed by atoms with Gasteiger partial charge in [-0.3, -0.25) is 4.79 Å². The zero-order chi connectivity index (χ0) is 14.1. The van der Waals surface area contributed by atoms with E-state index >= 15 is 0 Å². The molecule has 1 unspecified atom stereocenters. The van der Waals surface area contributed by atoms with Crippen LogP contribution in [-0.4, -0.2) is 20.1 Å². The number of carbonyl (C=O) groups excluding carboxylic acids is 1. The molecule has 0 fully saturated rings. The molecule has 3 heteroatoms. The number of likely N-dealkylation sites (N-methyl/N-ethyl adjacent to an activating group) is 1. The molecule has 0 radical (unpaired) electrons. The van der Waals surface area contributed by atoms with Gasteiger partial charge in [-0.2, -0.15) is 0 Å². The summed E-state index contributed by atoms with van der Waals surface area (Å²) in [6, 6.07) is 16.0. The average Bonchev–Trinajstić information content (AvgIpc) is 2.73. The summed E-state index contributed by atoms with van der Waals surface area (Å²) in [4.78, 5) is 14.2. The first-order valence-corrected chi connectivity index (χ1v) is 6.70. The van der Waals surface area contributed by atoms with Gasteiger partial charge in [0.05, 0.1) is 18.7 Å². The number of hydrogen-bond donors (Lipinski definition) is 0. The molecule has 1 amide bonds. The molecule has 2 aromatic carbocycles. The topological polar surface area (TPSA) is 29.5 Å². The highest BCUT2D eigenvalue weighted by molar-refractivity contribution is 6.04. The van der Waals surface area contributed by atoms with Crippen LogP contribution in [0.5, 0.6) is 5.75 Å². The van der Waals surface area contributed by atoms with Gasteiger partial charge in [0.15, 0.2) is 0 Å². The van der Waals surface area contributed by atoms with Crippen molar-refractivity contribution in [2.45, 2.75) is 12.3 Å². The summed E-state index contributed by atoms with van der Waals surface area (Å²) in [5.41, 5.74) is 3.22. The Balaban J connectivity index is 1.96. The van der Waals surface area contributed by atoms with Gasteiger partial charge in [-0.25, -0.2) is 0 Å².